The zero-order chi connectivity index (χ0) is 63.1. The summed E-state index contributed by atoms with van der Waals surface area (Å²) in [5, 5.41) is 181. The number of hydrogen-bond acceptors (Lipinski definition) is 28. The summed E-state index contributed by atoms with van der Waals surface area (Å²) in [6, 6.07) is 0. The van der Waals surface area contributed by atoms with Crippen LogP contribution in [-0.2, 0) is 52.2 Å². The Labute approximate surface area is 500 Å². The molecule has 9 rings (SSSR count). The number of hydrogen-bond donors (Lipinski definition) is 17. The number of carbonyl (C=O) groups is 1. The van der Waals surface area contributed by atoms with Crippen LogP contribution in [0.3, 0.4) is 0 Å². The van der Waals surface area contributed by atoms with Gasteiger partial charge in [-0.15, -0.1) is 0 Å². The average Bonchev–Trinajstić information content (AvgIpc) is 1.51. The van der Waals surface area contributed by atoms with E-state index in [0.29, 0.717) is 57.8 Å². The van der Waals surface area contributed by atoms with Crippen molar-refractivity contribution in [3.05, 3.63) is 12.2 Å². The molecule has 9 aliphatic rings. The summed E-state index contributed by atoms with van der Waals surface area (Å²) in [6.45, 7) is 10.0. The van der Waals surface area contributed by atoms with Gasteiger partial charge in [-0.2, -0.15) is 0 Å². The minimum absolute atomic E-state index is 0.0343. The normalized spacial score (nSPS) is 51.5. The van der Waals surface area contributed by atoms with Crippen molar-refractivity contribution in [3.8, 4) is 0 Å². The zero-order valence-corrected chi connectivity index (χ0v) is 49.7. The van der Waals surface area contributed by atoms with Crippen molar-refractivity contribution in [1.82, 2.24) is 0 Å². The van der Waals surface area contributed by atoms with Crippen LogP contribution in [0.25, 0.3) is 0 Å². The molecular formula is C58H98O28. The molecule has 3 aliphatic carbocycles. The van der Waals surface area contributed by atoms with Crippen LogP contribution in [0.5, 0.6) is 0 Å². The van der Waals surface area contributed by atoms with Crippen LogP contribution in [0.1, 0.15) is 105 Å². The van der Waals surface area contributed by atoms with Gasteiger partial charge in [0.25, 0.3) is 0 Å². The minimum atomic E-state index is -1.91. The Morgan fingerprint density at radius 3 is 1.59 bits per heavy atom. The molecule has 28 heteroatoms. The smallest absolute Gasteiger partial charge is 0.314 e. The van der Waals surface area contributed by atoms with Crippen LogP contribution in [0.4, 0.5) is 0 Å². The highest BCUT2D eigenvalue weighted by atomic mass is 16.8. The maximum Gasteiger partial charge on any atom is 0.314 e. The van der Waals surface area contributed by atoms with Gasteiger partial charge in [-0.05, 0) is 94.0 Å². The molecule has 6 heterocycles. The van der Waals surface area contributed by atoms with E-state index in [1.807, 2.05) is 27.7 Å². The fourth-order valence-corrected chi connectivity index (χ4v) is 14.9. The van der Waals surface area contributed by atoms with Crippen molar-refractivity contribution in [2.75, 3.05) is 46.2 Å². The molecular weight excluding hydrogens is 1140 g/mol. The van der Waals surface area contributed by atoms with Gasteiger partial charge >= 0.3 is 5.97 Å². The van der Waals surface area contributed by atoms with Gasteiger partial charge in [0.1, 0.15) is 115 Å². The molecule has 28 nitrogen and oxygen atoms in total. The summed E-state index contributed by atoms with van der Waals surface area (Å²) in [4.78, 5) is 15.0. The van der Waals surface area contributed by atoms with E-state index < -0.39 is 221 Å². The van der Waals surface area contributed by atoms with Gasteiger partial charge in [0, 0.05) is 5.92 Å². The lowest BCUT2D eigenvalue weighted by Gasteiger charge is -2.54. The first-order valence-electron chi connectivity index (χ1n) is 30.6. The molecule has 86 heavy (non-hydrogen) atoms. The van der Waals surface area contributed by atoms with Crippen LogP contribution in [-0.4, -0.2) is 297 Å². The third-order valence-electron chi connectivity index (χ3n) is 21.4. The fourth-order valence-electron chi connectivity index (χ4n) is 14.9. The lowest BCUT2D eigenvalue weighted by molar-refractivity contribution is -0.363. The molecule has 498 valence electrons. The number of aliphatic hydroxyl groups is 17. The van der Waals surface area contributed by atoms with Gasteiger partial charge in [0.05, 0.1) is 69.5 Å². The number of ether oxygens (including phenoxy) is 10. The Hall–Kier alpha value is -1.83. The van der Waals surface area contributed by atoms with Crippen molar-refractivity contribution in [1.29, 1.82) is 0 Å². The van der Waals surface area contributed by atoms with E-state index in [2.05, 4.69) is 13.5 Å². The summed E-state index contributed by atoms with van der Waals surface area (Å²) in [5.74, 6) is -1.25. The second kappa shape index (κ2) is 28.6. The molecule has 0 amide bonds. The fraction of sp³-hybridized carbons (Fsp3) is 0.948. The number of aliphatic hydroxyl groups excluding tert-OH is 17. The van der Waals surface area contributed by atoms with E-state index in [4.69, 9.17) is 47.4 Å². The van der Waals surface area contributed by atoms with Crippen LogP contribution in [0, 0.1) is 34.5 Å². The lowest BCUT2D eigenvalue weighted by Crippen LogP contribution is -2.69. The quantitative estimate of drug-likeness (QED) is 0.0452. The van der Waals surface area contributed by atoms with E-state index in [0.717, 1.165) is 12.0 Å². The molecule has 32 atom stereocenters. The van der Waals surface area contributed by atoms with Gasteiger partial charge in [-0.3, -0.25) is 4.79 Å². The largest absolute Gasteiger partial charge is 0.432 e. The Balaban J connectivity index is 0.981. The Kier molecular flexibility index (Phi) is 23.3. The monoisotopic (exact) mass is 1240 g/mol. The SMILES string of the molecule is C=C1C[C@@H](C)C2CCC(C)(CC)[C@](C)(C(=O)O[C@@H]3OC(CO)[C@@H](O)C(O)C3O[C@@H]3OC(CO)[C@@H](O)C(O)C3O)CCCC[C@@H]2CC[C@@]1(C)OC[C@@H]1OC(CO)C2(OC[C@@H]3OC(CO)[C@@H](O)C(O)C3O)CC(C1O[C@@H]1OC(CO)[C@@H](O)C(O)C1O)[C@@H]2O. The second-order valence-corrected chi connectivity index (χ2v) is 26.3. The van der Waals surface area contributed by atoms with Crippen LogP contribution >= 0.6 is 0 Å². The summed E-state index contributed by atoms with van der Waals surface area (Å²) in [5.41, 5.74) is -3.83. The first kappa shape index (κ1) is 70.0. The van der Waals surface area contributed by atoms with Crippen LogP contribution in [0.15, 0.2) is 12.2 Å². The summed E-state index contributed by atoms with van der Waals surface area (Å²) >= 11 is 0. The van der Waals surface area contributed by atoms with Crippen molar-refractivity contribution in [2.24, 2.45) is 34.5 Å². The maximum atomic E-state index is 15.0. The van der Waals surface area contributed by atoms with E-state index >= 15 is 0 Å². The molecule has 6 saturated heterocycles. The number of fused-ring (bicyclic) bond motifs is 4. The molecule has 2 bridgehead atoms. The Morgan fingerprint density at radius 1 is 0.535 bits per heavy atom. The van der Waals surface area contributed by atoms with Crippen LogP contribution in [0.2, 0.25) is 0 Å². The molecule has 0 aromatic carbocycles. The highest BCUT2D eigenvalue weighted by molar-refractivity contribution is 5.77. The Bertz CT molecular complexity index is 2200. The van der Waals surface area contributed by atoms with Gasteiger partial charge in [-0.25, -0.2) is 0 Å². The van der Waals surface area contributed by atoms with Crippen molar-refractivity contribution >= 4 is 5.97 Å². The molecule has 3 saturated carbocycles. The topological polar surface area (TPSA) is 453 Å². The third-order valence-corrected chi connectivity index (χ3v) is 21.4. The maximum absolute atomic E-state index is 15.0. The highest BCUT2D eigenvalue weighted by Crippen LogP contribution is 2.55. The van der Waals surface area contributed by atoms with Crippen molar-refractivity contribution in [3.63, 3.8) is 0 Å². The molecule has 18 unspecified atom stereocenters. The van der Waals surface area contributed by atoms with Gasteiger partial charge in [-0.1, -0.05) is 46.6 Å². The summed E-state index contributed by atoms with van der Waals surface area (Å²) in [6.07, 6.45) is -32.5. The Morgan fingerprint density at radius 2 is 1.05 bits per heavy atom. The third kappa shape index (κ3) is 13.4. The summed E-state index contributed by atoms with van der Waals surface area (Å²) < 4.78 is 61.2. The molecule has 0 radical (unpaired) electrons. The van der Waals surface area contributed by atoms with Crippen molar-refractivity contribution in [2.45, 2.75) is 264 Å². The first-order chi connectivity index (χ1) is 40.6. The minimum Gasteiger partial charge on any atom is -0.432 e. The number of rotatable bonds is 18. The lowest BCUT2D eigenvalue weighted by atomic mass is 9.57. The molecule has 9 fully saturated rings. The van der Waals surface area contributed by atoms with E-state index in [9.17, 15) is 91.6 Å². The van der Waals surface area contributed by atoms with E-state index in [-0.39, 0.29) is 30.8 Å². The van der Waals surface area contributed by atoms with E-state index in [1.54, 1.807) is 0 Å². The molecule has 0 aromatic rings. The zero-order valence-electron chi connectivity index (χ0n) is 49.7. The van der Waals surface area contributed by atoms with Gasteiger partial charge in [0.2, 0.25) is 6.29 Å². The standard InChI is InChI=1S/C58H98O28/c1-7-55(4)14-12-28-25(2)16-26(3)57(6,15-11-27(28)10-8-9-13-56(55,5)54(76)86-53-49(45(72)40(67)33(21-62)83-53)85-52-47(74)44(71)39(66)32(20-61)82-52)77-24-35-48(84-51-46(73)43(70)38(65)31(19-60)81-51)29-17-58(50(29)75,36(22-63)80-35)78-23-34-41(68)42(69)37(64)30(18-59)79-34/h25,27-53,59-75H,3,7-24H2,1-2,4-6H3/t25-,27-,28?,29?,30?,31?,32?,33?,34+,35+,36?,37-,38-,39-,40-,41?,42?,43?,44?,45?,46?,47?,48?,49?,50+,51+,52+,53+,55?,56+,57-,58?/m1/s1. The predicted molar refractivity (Wildman–Crippen MR) is 291 cm³/mol. The highest BCUT2D eigenvalue weighted by Gasteiger charge is 2.67. The van der Waals surface area contributed by atoms with E-state index in [1.165, 1.54) is 0 Å². The molecule has 6 aliphatic heterocycles. The van der Waals surface area contributed by atoms with Gasteiger partial charge in [0.15, 0.2) is 18.7 Å². The second-order valence-electron chi connectivity index (χ2n) is 26.3. The average molecular weight is 1240 g/mol. The van der Waals surface area contributed by atoms with Crippen molar-refractivity contribution < 1.29 is 139 Å². The molecule has 0 spiro atoms. The first-order valence-corrected chi connectivity index (χ1v) is 30.6. The van der Waals surface area contributed by atoms with Crippen LogP contribution < -0.4 is 0 Å². The molecule has 0 aromatic heterocycles. The molecule has 17 N–H and O–H groups in total. The predicted octanol–water partition coefficient (Wildman–Crippen LogP) is -4.76. The number of esters is 1. The van der Waals surface area contributed by atoms with Gasteiger partial charge < -0.3 is 134 Å². The summed E-state index contributed by atoms with van der Waals surface area (Å²) in [7, 11) is 0. The number of carbonyl (C=O) groups excluding carboxylic acids is 1.